The Hall–Kier alpha value is -1.92. The van der Waals surface area contributed by atoms with E-state index in [-0.39, 0.29) is 6.10 Å². The molecule has 0 radical (unpaired) electrons. The minimum absolute atomic E-state index is 0.179. The summed E-state index contributed by atoms with van der Waals surface area (Å²) in [5.74, 6) is 0. The number of aromatic nitrogens is 1. The lowest BCUT2D eigenvalue weighted by Gasteiger charge is -2.25. The van der Waals surface area contributed by atoms with E-state index in [1.165, 1.54) is 0 Å². The van der Waals surface area contributed by atoms with E-state index in [4.69, 9.17) is 4.74 Å². The fourth-order valence-electron chi connectivity index (χ4n) is 3.04. The van der Waals surface area contributed by atoms with E-state index in [2.05, 4.69) is 9.88 Å². The van der Waals surface area contributed by atoms with Gasteiger partial charge in [0, 0.05) is 32.4 Å². The molecule has 1 aromatic carbocycles. The maximum absolute atomic E-state index is 12.7. The summed E-state index contributed by atoms with van der Waals surface area (Å²) < 4.78 is 43.8. The van der Waals surface area contributed by atoms with Crippen molar-refractivity contribution in [2.45, 2.75) is 38.2 Å². The molecule has 1 aliphatic rings. The Morgan fingerprint density at radius 3 is 2.48 bits per heavy atom. The third kappa shape index (κ3) is 5.28. The molecular formula is C19H21F3N2O. The molecule has 3 rings (SSSR count). The van der Waals surface area contributed by atoms with E-state index in [1.54, 1.807) is 18.3 Å². The van der Waals surface area contributed by atoms with Crippen LogP contribution in [0.5, 0.6) is 0 Å². The lowest BCUT2D eigenvalue weighted by Crippen LogP contribution is -2.31. The van der Waals surface area contributed by atoms with Crippen LogP contribution in [-0.2, 0) is 24.0 Å². The van der Waals surface area contributed by atoms with Crippen molar-refractivity contribution in [3.63, 3.8) is 0 Å². The maximum atomic E-state index is 12.7. The Morgan fingerprint density at radius 2 is 1.88 bits per heavy atom. The summed E-state index contributed by atoms with van der Waals surface area (Å²) in [6.07, 6.45) is -0.298. The number of hydrogen-bond donors (Lipinski definition) is 0. The molecule has 0 saturated carbocycles. The van der Waals surface area contributed by atoms with E-state index in [1.807, 2.05) is 18.2 Å². The molecule has 3 nitrogen and oxygen atoms in total. The van der Waals surface area contributed by atoms with Crippen molar-refractivity contribution in [3.05, 3.63) is 65.5 Å². The Kier molecular flexibility index (Phi) is 5.71. The van der Waals surface area contributed by atoms with Gasteiger partial charge in [0.15, 0.2) is 0 Å². The summed E-state index contributed by atoms with van der Waals surface area (Å²) in [5, 5.41) is 0. The number of hydrogen-bond acceptors (Lipinski definition) is 3. The van der Waals surface area contributed by atoms with Gasteiger partial charge < -0.3 is 4.74 Å². The van der Waals surface area contributed by atoms with Crippen LogP contribution >= 0.6 is 0 Å². The van der Waals surface area contributed by atoms with E-state index in [9.17, 15) is 13.2 Å². The van der Waals surface area contributed by atoms with Crippen LogP contribution < -0.4 is 0 Å². The number of pyridine rings is 1. The van der Waals surface area contributed by atoms with Crippen molar-refractivity contribution in [3.8, 4) is 0 Å². The van der Waals surface area contributed by atoms with Gasteiger partial charge in [0.2, 0.25) is 0 Å². The molecule has 1 aromatic heterocycles. The van der Waals surface area contributed by atoms with Gasteiger partial charge >= 0.3 is 6.18 Å². The largest absolute Gasteiger partial charge is 0.416 e. The minimum atomic E-state index is -4.30. The molecule has 2 heterocycles. The summed E-state index contributed by atoms with van der Waals surface area (Å²) in [5.41, 5.74) is 1.17. The predicted molar refractivity (Wildman–Crippen MR) is 88.8 cm³/mol. The van der Waals surface area contributed by atoms with Crippen LogP contribution in [0.1, 0.15) is 29.7 Å². The molecule has 1 saturated heterocycles. The van der Waals surface area contributed by atoms with Crippen LogP contribution in [0.25, 0.3) is 0 Å². The van der Waals surface area contributed by atoms with Crippen LogP contribution in [0.15, 0.2) is 48.7 Å². The van der Waals surface area contributed by atoms with Crippen LogP contribution in [0.3, 0.4) is 0 Å². The Balaban J connectivity index is 1.69. The minimum Gasteiger partial charge on any atom is -0.377 e. The monoisotopic (exact) mass is 350 g/mol. The average molecular weight is 350 g/mol. The number of alkyl halides is 3. The molecule has 1 aliphatic heterocycles. The van der Waals surface area contributed by atoms with E-state index in [0.29, 0.717) is 13.1 Å². The van der Waals surface area contributed by atoms with Gasteiger partial charge in [-0.1, -0.05) is 18.2 Å². The molecule has 1 unspecified atom stereocenters. The maximum Gasteiger partial charge on any atom is 0.416 e. The molecule has 0 N–H and O–H groups in total. The van der Waals surface area contributed by atoms with Crippen molar-refractivity contribution in [2.24, 2.45) is 0 Å². The molecule has 134 valence electrons. The van der Waals surface area contributed by atoms with Crippen LogP contribution in [0.4, 0.5) is 13.2 Å². The highest BCUT2D eigenvalue weighted by Gasteiger charge is 2.30. The highest BCUT2D eigenvalue weighted by atomic mass is 19.4. The third-order valence-corrected chi connectivity index (χ3v) is 4.29. The SMILES string of the molecule is FC(F)(F)c1ccc(CN(Cc2ccccn2)CC2CCCO2)cc1. The van der Waals surface area contributed by atoms with E-state index in [0.717, 1.165) is 49.4 Å². The van der Waals surface area contributed by atoms with Crippen molar-refractivity contribution in [2.75, 3.05) is 13.2 Å². The first-order chi connectivity index (χ1) is 12.0. The standard InChI is InChI=1S/C19H21F3N2O/c20-19(21,22)16-8-6-15(7-9-16)12-24(14-18-5-3-11-25-18)13-17-4-1-2-10-23-17/h1-2,4,6-10,18H,3,5,11-14H2. The number of rotatable bonds is 6. The number of nitrogens with zero attached hydrogens (tertiary/aromatic N) is 2. The molecule has 0 amide bonds. The second-order valence-electron chi connectivity index (χ2n) is 6.32. The lowest BCUT2D eigenvalue weighted by atomic mass is 10.1. The van der Waals surface area contributed by atoms with Crippen LogP contribution in [0.2, 0.25) is 0 Å². The van der Waals surface area contributed by atoms with Crippen LogP contribution in [-0.4, -0.2) is 29.1 Å². The lowest BCUT2D eigenvalue weighted by molar-refractivity contribution is -0.137. The zero-order valence-electron chi connectivity index (χ0n) is 13.9. The quantitative estimate of drug-likeness (QED) is 0.777. The van der Waals surface area contributed by atoms with Gasteiger partial charge in [0.05, 0.1) is 17.4 Å². The van der Waals surface area contributed by atoms with Gasteiger partial charge in [-0.2, -0.15) is 13.2 Å². The number of benzene rings is 1. The molecule has 1 atom stereocenters. The second kappa shape index (κ2) is 7.97. The highest BCUT2D eigenvalue weighted by molar-refractivity contribution is 5.24. The zero-order valence-corrected chi connectivity index (χ0v) is 13.9. The molecule has 0 bridgehead atoms. The summed E-state index contributed by atoms with van der Waals surface area (Å²) in [4.78, 5) is 6.53. The first-order valence-corrected chi connectivity index (χ1v) is 8.41. The molecule has 25 heavy (non-hydrogen) atoms. The molecule has 1 fully saturated rings. The summed E-state index contributed by atoms with van der Waals surface area (Å²) >= 11 is 0. The number of ether oxygens (including phenoxy) is 1. The number of halogens is 3. The zero-order chi connectivity index (χ0) is 17.7. The first-order valence-electron chi connectivity index (χ1n) is 8.41. The van der Waals surface area contributed by atoms with Gasteiger partial charge in [-0.15, -0.1) is 0 Å². The van der Waals surface area contributed by atoms with Gasteiger partial charge in [0.1, 0.15) is 0 Å². The van der Waals surface area contributed by atoms with Crippen molar-refractivity contribution >= 4 is 0 Å². The normalized spacial score (nSPS) is 18.0. The van der Waals surface area contributed by atoms with Crippen molar-refractivity contribution < 1.29 is 17.9 Å². The van der Waals surface area contributed by atoms with Gasteiger partial charge in [-0.05, 0) is 42.7 Å². The fraction of sp³-hybridized carbons (Fsp3) is 0.421. The fourth-order valence-corrected chi connectivity index (χ4v) is 3.04. The van der Waals surface area contributed by atoms with E-state index < -0.39 is 11.7 Å². The molecular weight excluding hydrogens is 329 g/mol. The first kappa shape index (κ1) is 17.9. The van der Waals surface area contributed by atoms with Gasteiger partial charge in [-0.3, -0.25) is 9.88 Å². The topological polar surface area (TPSA) is 25.4 Å². The van der Waals surface area contributed by atoms with E-state index >= 15 is 0 Å². The summed E-state index contributed by atoms with van der Waals surface area (Å²) in [7, 11) is 0. The summed E-state index contributed by atoms with van der Waals surface area (Å²) in [6.45, 7) is 2.73. The Bertz CT molecular complexity index is 653. The smallest absolute Gasteiger partial charge is 0.377 e. The predicted octanol–water partition coefficient (Wildman–Crippen LogP) is 4.28. The second-order valence-corrected chi connectivity index (χ2v) is 6.32. The molecule has 2 aromatic rings. The van der Waals surface area contributed by atoms with Crippen molar-refractivity contribution in [1.29, 1.82) is 0 Å². The molecule has 6 heteroatoms. The van der Waals surface area contributed by atoms with Gasteiger partial charge in [0.25, 0.3) is 0 Å². The third-order valence-electron chi connectivity index (χ3n) is 4.29. The average Bonchev–Trinajstić information content (AvgIpc) is 3.08. The highest BCUT2D eigenvalue weighted by Crippen LogP contribution is 2.29. The van der Waals surface area contributed by atoms with Gasteiger partial charge in [-0.25, -0.2) is 0 Å². The molecule has 0 spiro atoms. The van der Waals surface area contributed by atoms with Crippen molar-refractivity contribution in [1.82, 2.24) is 9.88 Å². The molecule has 0 aliphatic carbocycles. The Labute approximate surface area is 145 Å². The van der Waals surface area contributed by atoms with Crippen LogP contribution in [0, 0.1) is 0 Å². The Morgan fingerprint density at radius 1 is 1.08 bits per heavy atom. The summed E-state index contributed by atoms with van der Waals surface area (Å²) in [6, 6.07) is 11.1.